The predicted octanol–water partition coefficient (Wildman–Crippen LogP) is 6.67. The Balaban J connectivity index is 1.55. The van der Waals surface area contributed by atoms with Gasteiger partial charge in [-0.05, 0) is 80.3 Å². The second-order valence-corrected chi connectivity index (χ2v) is 9.60. The van der Waals surface area contributed by atoms with Crippen LogP contribution in [0.3, 0.4) is 0 Å². The van der Waals surface area contributed by atoms with Crippen molar-refractivity contribution in [3.8, 4) is 11.3 Å². The lowest BCUT2D eigenvalue weighted by Gasteiger charge is -2.31. The molecule has 1 unspecified atom stereocenters. The second-order valence-electron chi connectivity index (χ2n) is 9.60. The highest BCUT2D eigenvalue weighted by molar-refractivity contribution is 5.94. The summed E-state index contributed by atoms with van der Waals surface area (Å²) in [5, 5.41) is 12.6. The van der Waals surface area contributed by atoms with Crippen LogP contribution in [0.4, 0.5) is 10.1 Å². The van der Waals surface area contributed by atoms with Crippen molar-refractivity contribution in [1.29, 1.82) is 0 Å². The summed E-state index contributed by atoms with van der Waals surface area (Å²) in [5.41, 5.74) is 3.35. The van der Waals surface area contributed by atoms with Crippen molar-refractivity contribution in [2.75, 3.05) is 18.9 Å². The molecule has 1 aliphatic carbocycles. The maximum absolute atomic E-state index is 13.4. The Morgan fingerprint density at radius 1 is 1.08 bits per heavy atom. The summed E-state index contributed by atoms with van der Waals surface area (Å²) in [6.07, 6.45) is 5.80. The van der Waals surface area contributed by atoms with E-state index < -0.39 is 5.97 Å². The lowest BCUT2D eigenvalue weighted by molar-refractivity contribution is -0.137. The van der Waals surface area contributed by atoms with E-state index in [1.807, 2.05) is 19.1 Å². The number of carbonyl (C=O) groups is 2. The van der Waals surface area contributed by atoms with Crippen LogP contribution in [0.5, 0.6) is 0 Å². The van der Waals surface area contributed by atoms with Crippen molar-refractivity contribution in [1.82, 2.24) is 4.90 Å². The lowest BCUT2D eigenvalue weighted by atomic mass is 9.81. The number of carbonyl (C=O) groups excluding carboxylic acids is 1. The van der Waals surface area contributed by atoms with E-state index in [2.05, 4.69) is 11.4 Å². The van der Waals surface area contributed by atoms with Gasteiger partial charge in [0.15, 0.2) is 0 Å². The Morgan fingerprint density at radius 2 is 1.75 bits per heavy atom. The van der Waals surface area contributed by atoms with E-state index in [4.69, 9.17) is 9.52 Å². The Morgan fingerprint density at radius 3 is 2.39 bits per heavy atom. The van der Waals surface area contributed by atoms with Gasteiger partial charge in [-0.2, -0.15) is 0 Å². The zero-order chi connectivity index (χ0) is 25.7. The fraction of sp³-hybridized carbons (Fsp3) is 0.379. The molecule has 1 fully saturated rings. The van der Waals surface area contributed by atoms with Crippen LogP contribution >= 0.6 is 0 Å². The summed E-state index contributed by atoms with van der Waals surface area (Å²) >= 11 is 0. The van der Waals surface area contributed by atoms with Crippen LogP contribution in [-0.2, 0) is 4.79 Å². The molecule has 1 aromatic heterocycles. The Kier molecular flexibility index (Phi) is 8.08. The highest BCUT2D eigenvalue weighted by atomic mass is 19.1. The molecule has 190 valence electrons. The highest BCUT2D eigenvalue weighted by Gasteiger charge is 2.28. The van der Waals surface area contributed by atoms with Gasteiger partial charge >= 0.3 is 5.97 Å². The first-order valence-corrected chi connectivity index (χ1v) is 12.5. The van der Waals surface area contributed by atoms with Gasteiger partial charge in [0.1, 0.15) is 17.3 Å². The van der Waals surface area contributed by atoms with E-state index in [-0.39, 0.29) is 30.7 Å². The molecular formula is C29H33FN2O4. The highest BCUT2D eigenvalue weighted by Crippen LogP contribution is 2.40. The molecule has 0 bridgehead atoms. The Bertz CT molecular complexity index is 1180. The summed E-state index contributed by atoms with van der Waals surface area (Å²) in [7, 11) is 1.61. The van der Waals surface area contributed by atoms with E-state index in [1.54, 1.807) is 31.3 Å². The number of aliphatic carboxylic acids is 1. The topological polar surface area (TPSA) is 82.8 Å². The molecule has 1 amide bonds. The first kappa shape index (κ1) is 25.5. The number of amides is 1. The van der Waals surface area contributed by atoms with Gasteiger partial charge in [0.2, 0.25) is 0 Å². The molecule has 36 heavy (non-hydrogen) atoms. The summed E-state index contributed by atoms with van der Waals surface area (Å²) in [6, 6.07) is 15.8. The zero-order valence-corrected chi connectivity index (χ0v) is 20.8. The number of anilines is 1. The van der Waals surface area contributed by atoms with Crippen LogP contribution in [0.15, 0.2) is 59.0 Å². The number of carboxylic acids is 1. The van der Waals surface area contributed by atoms with E-state index in [9.17, 15) is 14.0 Å². The summed E-state index contributed by atoms with van der Waals surface area (Å²) < 4.78 is 19.5. The molecule has 7 heteroatoms. The Hall–Kier alpha value is -3.61. The molecule has 2 N–H and O–H groups in total. The fourth-order valence-electron chi connectivity index (χ4n) is 4.95. The maximum Gasteiger partial charge on any atom is 0.305 e. The second kappa shape index (κ2) is 11.4. The molecule has 1 aliphatic rings. The predicted molar refractivity (Wildman–Crippen MR) is 137 cm³/mol. The van der Waals surface area contributed by atoms with Crippen LogP contribution in [0.2, 0.25) is 0 Å². The molecule has 4 rings (SSSR count). The largest absolute Gasteiger partial charge is 0.481 e. The smallest absolute Gasteiger partial charge is 0.305 e. The van der Waals surface area contributed by atoms with Gasteiger partial charge in [0, 0.05) is 36.0 Å². The van der Waals surface area contributed by atoms with Crippen LogP contribution in [0, 0.1) is 18.7 Å². The van der Waals surface area contributed by atoms with Crippen molar-refractivity contribution >= 4 is 17.6 Å². The first-order chi connectivity index (χ1) is 17.3. The molecule has 2 aromatic carbocycles. The van der Waals surface area contributed by atoms with Crippen molar-refractivity contribution in [3.63, 3.8) is 0 Å². The molecular weight excluding hydrogens is 459 g/mol. The number of carboxylic acid groups (broad SMARTS) is 1. The summed E-state index contributed by atoms with van der Waals surface area (Å²) in [6.45, 7) is 2.13. The summed E-state index contributed by atoms with van der Waals surface area (Å²) in [4.78, 5) is 24.9. The van der Waals surface area contributed by atoms with E-state index >= 15 is 0 Å². The maximum atomic E-state index is 13.4. The summed E-state index contributed by atoms with van der Waals surface area (Å²) in [5.74, 6) is 0.583. The lowest BCUT2D eigenvalue weighted by Crippen LogP contribution is -2.29. The number of nitrogens with one attached hydrogen (secondary N) is 1. The average molecular weight is 493 g/mol. The molecule has 0 saturated heterocycles. The van der Waals surface area contributed by atoms with Gasteiger partial charge in [-0.1, -0.05) is 19.3 Å². The Labute approximate surface area is 211 Å². The number of aryl methyl sites for hydroxylation is 1. The SMILES string of the molecule is Cc1oc(-c2ccc(F)cc2)cc1C(Nc1ccc(C(=O)N(C)CCC(=O)O)cc1)C1CCCCC1. The van der Waals surface area contributed by atoms with Gasteiger partial charge in [-0.15, -0.1) is 0 Å². The number of nitrogens with zero attached hydrogens (tertiary/aromatic N) is 1. The van der Waals surface area contributed by atoms with E-state index in [0.29, 0.717) is 11.5 Å². The third-order valence-corrected chi connectivity index (χ3v) is 7.00. The van der Waals surface area contributed by atoms with E-state index in [0.717, 1.165) is 41.2 Å². The van der Waals surface area contributed by atoms with Gasteiger partial charge in [0.05, 0.1) is 12.5 Å². The van der Waals surface area contributed by atoms with Crippen molar-refractivity contribution in [2.45, 2.75) is 51.5 Å². The van der Waals surface area contributed by atoms with E-state index in [1.165, 1.54) is 36.3 Å². The zero-order valence-electron chi connectivity index (χ0n) is 20.8. The van der Waals surface area contributed by atoms with Crippen LogP contribution in [0.25, 0.3) is 11.3 Å². The minimum atomic E-state index is -0.930. The molecule has 1 saturated carbocycles. The van der Waals surface area contributed by atoms with Gasteiger partial charge in [-0.25, -0.2) is 4.39 Å². The van der Waals surface area contributed by atoms with Gasteiger partial charge in [0.25, 0.3) is 5.91 Å². The number of hydrogen-bond acceptors (Lipinski definition) is 4. The first-order valence-electron chi connectivity index (χ1n) is 12.5. The fourth-order valence-corrected chi connectivity index (χ4v) is 4.95. The molecule has 1 heterocycles. The number of rotatable bonds is 9. The van der Waals surface area contributed by atoms with Crippen LogP contribution < -0.4 is 5.32 Å². The van der Waals surface area contributed by atoms with Crippen LogP contribution in [0.1, 0.15) is 66.2 Å². The van der Waals surface area contributed by atoms with Crippen molar-refractivity contribution in [2.24, 2.45) is 5.92 Å². The number of benzene rings is 2. The minimum Gasteiger partial charge on any atom is -0.481 e. The van der Waals surface area contributed by atoms with Gasteiger partial charge < -0.3 is 19.7 Å². The molecule has 1 atom stereocenters. The number of furan rings is 1. The normalized spacial score (nSPS) is 14.9. The third kappa shape index (κ3) is 6.14. The molecule has 0 aliphatic heterocycles. The van der Waals surface area contributed by atoms with Crippen molar-refractivity contribution in [3.05, 3.63) is 77.3 Å². The van der Waals surface area contributed by atoms with Gasteiger partial charge in [-0.3, -0.25) is 9.59 Å². The minimum absolute atomic E-state index is 0.0445. The monoisotopic (exact) mass is 492 g/mol. The quantitative estimate of drug-likeness (QED) is 0.348. The van der Waals surface area contributed by atoms with Crippen molar-refractivity contribution < 1.29 is 23.5 Å². The third-order valence-electron chi connectivity index (χ3n) is 7.00. The molecule has 0 spiro atoms. The molecule has 3 aromatic rings. The number of halogens is 1. The average Bonchev–Trinajstić information content (AvgIpc) is 3.27. The molecule has 6 nitrogen and oxygen atoms in total. The van der Waals surface area contributed by atoms with Crippen LogP contribution in [-0.4, -0.2) is 35.5 Å². The standard InChI is InChI=1S/C29H33FN2O4/c1-19-25(18-26(36-19)20-8-12-23(30)13-9-20)28(21-6-4-3-5-7-21)31-24-14-10-22(11-15-24)29(35)32(2)17-16-27(33)34/h8-15,18,21,28,31H,3-7,16-17H2,1-2H3,(H,33,34). The number of hydrogen-bond donors (Lipinski definition) is 2. The molecule has 0 radical (unpaired) electrons.